The van der Waals surface area contributed by atoms with Crippen molar-refractivity contribution in [1.29, 1.82) is 0 Å². The van der Waals surface area contributed by atoms with Crippen molar-refractivity contribution in [3.05, 3.63) is 34.3 Å². The van der Waals surface area contributed by atoms with E-state index >= 15 is 0 Å². The topological polar surface area (TPSA) is 0 Å². The highest BCUT2D eigenvalue weighted by Gasteiger charge is 2.25. The van der Waals surface area contributed by atoms with Crippen molar-refractivity contribution in [2.75, 3.05) is 0 Å². The Kier molecular flexibility index (Phi) is 5.77. The summed E-state index contributed by atoms with van der Waals surface area (Å²) in [5.74, 6) is 0. The van der Waals surface area contributed by atoms with Gasteiger partial charge in [-0.3, -0.25) is 0 Å². The van der Waals surface area contributed by atoms with Gasteiger partial charge in [-0.25, -0.2) is 0 Å². The van der Waals surface area contributed by atoms with Crippen LogP contribution in [0, 0.1) is 0 Å². The van der Waals surface area contributed by atoms with Crippen LogP contribution >= 0.6 is 15.9 Å². The largest absolute Gasteiger partial charge is 0.0678 e. The summed E-state index contributed by atoms with van der Waals surface area (Å²) in [5.41, 5.74) is 1.50. The molecule has 1 aromatic carbocycles. The minimum Gasteiger partial charge on any atom is -0.0678 e. The normalized spacial score (nSPS) is 11.8. The number of hydrogen-bond acceptors (Lipinski definition) is 0. The lowest BCUT2D eigenvalue weighted by Crippen LogP contribution is -2.31. The molecule has 0 radical (unpaired) electrons. The molecule has 0 fully saturated rings. The second-order valence-corrected chi connectivity index (χ2v) is 11.2. The molecule has 90 valence electrons. The minimum atomic E-state index is -0.926. The molecule has 0 saturated heterocycles. The molecule has 0 saturated carbocycles. The maximum absolute atomic E-state index is 3.49. The zero-order valence-corrected chi connectivity index (χ0v) is 13.3. The van der Waals surface area contributed by atoms with Gasteiger partial charge < -0.3 is 0 Å². The maximum atomic E-state index is 3.49. The molecule has 0 atom stereocenters. The van der Waals surface area contributed by atoms with Gasteiger partial charge in [0.1, 0.15) is 0 Å². The summed E-state index contributed by atoms with van der Waals surface area (Å²) < 4.78 is 1.18. The first-order valence-corrected chi connectivity index (χ1v) is 10.0. The molecule has 0 aromatic heterocycles. The van der Waals surface area contributed by atoms with Crippen LogP contribution in [0.25, 0.3) is 0 Å². The van der Waals surface area contributed by atoms with Crippen molar-refractivity contribution in [2.24, 2.45) is 0 Å². The Morgan fingerprint density at radius 3 is 1.88 bits per heavy atom. The van der Waals surface area contributed by atoms with E-state index < -0.39 is 8.07 Å². The van der Waals surface area contributed by atoms with Crippen LogP contribution in [0.5, 0.6) is 0 Å². The quantitative estimate of drug-likeness (QED) is 0.608. The lowest BCUT2D eigenvalue weighted by Gasteiger charge is -2.28. The average molecular weight is 299 g/mol. The standard InChI is InChI=1S/C14H23BrSi/c1-4-16(5-2,6-3)12-11-13-7-9-14(15)10-8-13/h7-10H,4-6,11-12H2,1-3H3. The Morgan fingerprint density at radius 1 is 0.938 bits per heavy atom. The second-order valence-electron chi connectivity index (χ2n) is 4.69. The first kappa shape index (κ1) is 14.0. The van der Waals surface area contributed by atoms with Crippen LogP contribution in [0.1, 0.15) is 26.3 Å². The number of rotatable bonds is 6. The third-order valence-corrected chi connectivity index (χ3v) is 10.4. The smallest absolute Gasteiger partial charge is 0.0530 e. The maximum Gasteiger partial charge on any atom is 0.0530 e. The molecule has 0 aliphatic carbocycles. The van der Waals surface area contributed by atoms with Crippen LogP contribution in [0.15, 0.2) is 28.7 Å². The summed E-state index contributed by atoms with van der Waals surface area (Å²) >= 11 is 3.49. The van der Waals surface area contributed by atoms with Gasteiger partial charge in [0.2, 0.25) is 0 Å². The highest BCUT2D eigenvalue weighted by Crippen LogP contribution is 2.27. The predicted octanol–water partition coefficient (Wildman–Crippen LogP) is 5.50. The third kappa shape index (κ3) is 3.74. The van der Waals surface area contributed by atoms with Crippen molar-refractivity contribution in [2.45, 2.75) is 51.4 Å². The van der Waals surface area contributed by atoms with E-state index in [1.807, 2.05) is 0 Å². The molecule has 0 nitrogen and oxygen atoms in total. The van der Waals surface area contributed by atoms with Gasteiger partial charge in [0.15, 0.2) is 0 Å². The SMILES string of the molecule is CC[Si](CC)(CC)CCc1ccc(Br)cc1. The van der Waals surface area contributed by atoms with Crippen molar-refractivity contribution in [3.63, 3.8) is 0 Å². The monoisotopic (exact) mass is 298 g/mol. The highest BCUT2D eigenvalue weighted by atomic mass is 79.9. The van der Waals surface area contributed by atoms with Gasteiger partial charge in [-0.15, -0.1) is 0 Å². The van der Waals surface area contributed by atoms with Crippen LogP contribution in [0.4, 0.5) is 0 Å². The molecule has 2 heteroatoms. The molecule has 0 heterocycles. The number of aryl methyl sites for hydroxylation is 1. The number of halogens is 1. The van der Waals surface area contributed by atoms with E-state index in [-0.39, 0.29) is 0 Å². The molecule has 16 heavy (non-hydrogen) atoms. The molecule has 0 N–H and O–H groups in total. The van der Waals surface area contributed by atoms with Crippen LogP contribution in [0.3, 0.4) is 0 Å². The van der Waals surface area contributed by atoms with E-state index in [1.54, 1.807) is 0 Å². The molecule has 0 spiro atoms. The summed E-state index contributed by atoms with van der Waals surface area (Å²) in [4.78, 5) is 0. The zero-order valence-electron chi connectivity index (χ0n) is 10.7. The van der Waals surface area contributed by atoms with Crippen LogP contribution in [-0.2, 0) is 6.42 Å². The fraction of sp³-hybridized carbons (Fsp3) is 0.571. The molecule has 0 unspecified atom stereocenters. The summed E-state index contributed by atoms with van der Waals surface area (Å²) in [7, 11) is -0.926. The fourth-order valence-electron chi connectivity index (χ4n) is 2.34. The van der Waals surface area contributed by atoms with E-state index in [2.05, 4.69) is 61.0 Å². The van der Waals surface area contributed by atoms with Gasteiger partial charge >= 0.3 is 0 Å². The van der Waals surface area contributed by atoms with Crippen LogP contribution < -0.4 is 0 Å². The van der Waals surface area contributed by atoms with E-state index in [4.69, 9.17) is 0 Å². The van der Waals surface area contributed by atoms with Crippen molar-refractivity contribution >= 4 is 24.0 Å². The Labute approximate surface area is 110 Å². The van der Waals surface area contributed by atoms with Gasteiger partial charge in [0.05, 0.1) is 8.07 Å². The van der Waals surface area contributed by atoms with E-state index in [1.165, 1.54) is 40.6 Å². The molecule has 0 aliphatic heterocycles. The molecule has 1 aromatic rings. The molecule has 1 rings (SSSR count). The zero-order chi connectivity index (χ0) is 12.0. The Balaban J connectivity index is 2.58. The van der Waals surface area contributed by atoms with Gasteiger partial charge in [0.25, 0.3) is 0 Å². The average Bonchev–Trinajstić information content (AvgIpc) is 2.34. The Bertz CT molecular complexity index is 293. The summed E-state index contributed by atoms with van der Waals surface area (Å²) in [6.07, 6.45) is 1.27. The Morgan fingerprint density at radius 2 is 1.44 bits per heavy atom. The molecule has 0 aliphatic rings. The molecule has 0 amide bonds. The number of benzene rings is 1. The summed E-state index contributed by atoms with van der Waals surface area (Å²) in [6.45, 7) is 7.17. The Hall–Kier alpha value is -0.0831. The highest BCUT2D eigenvalue weighted by molar-refractivity contribution is 9.10. The minimum absolute atomic E-state index is 0.926. The van der Waals surface area contributed by atoms with Crippen LogP contribution in [0.2, 0.25) is 24.2 Å². The predicted molar refractivity (Wildman–Crippen MR) is 79.9 cm³/mol. The third-order valence-electron chi connectivity index (χ3n) is 4.11. The van der Waals surface area contributed by atoms with Gasteiger partial charge in [-0.05, 0) is 24.1 Å². The van der Waals surface area contributed by atoms with E-state index in [0.717, 1.165) is 0 Å². The van der Waals surface area contributed by atoms with Crippen LogP contribution in [-0.4, -0.2) is 8.07 Å². The first-order chi connectivity index (χ1) is 7.65. The fourth-order valence-corrected chi connectivity index (χ4v) is 5.98. The van der Waals surface area contributed by atoms with E-state index in [0.29, 0.717) is 0 Å². The summed E-state index contributed by atoms with van der Waals surface area (Å²) in [6, 6.07) is 14.6. The lowest BCUT2D eigenvalue weighted by molar-refractivity contribution is 1.02. The first-order valence-electron chi connectivity index (χ1n) is 6.40. The lowest BCUT2D eigenvalue weighted by atomic mass is 10.2. The molecular formula is C14H23BrSi. The van der Waals surface area contributed by atoms with Crippen molar-refractivity contribution in [1.82, 2.24) is 0 Å². The molecular weight excluding hydrogens is 276 g/mol. The van der Waals surface area contributed by atoms with Gasteiger partial charge in [-0.1, -0.05) is 73.0 Å². The number of hydrogen-bond donors (Lipinski definition) is 0. The van der Waals surface area contributed by atoms with Gasteiger partial charge in [0, 0.05) is 4.47 Å². The molecule has 0 bridgehead atoms. The summed E-state index contributed by atoms with van der Waals surface area (Å²) in [5, 5.41) is 0. The second kappa shape index (κ2) is 6.60. The van der Waals surface area contributed by atoms with Gasteiger partial charge in [-0.2, -0.15) is 0 Å². The van der Waals surface area contributed by atoms with E-state index in [9.17, 15) is 0 Å². The van der Waals surface area contributed by atoms with Crippen molar-refractivity contribution < 1.29 is 0 Å². The van der Waals surface area contributed by atoms with Crippen molar-refractivity contribution in [3.8, 4) is 0 Å².